The molecule has 0 saturated heterocycles. The first-order valence-corrected chi connectivity index (χ1v) is 7.67. The Hall–Kier alpha value is -1.51. The molecule has 1 aliphatic rings. The zero-order valence-corrected chi connectivity index (χ0v) is 15.9. The average molecular weight is 432 g/mol. The summed E-state index contributed by atoms with van der Waals surface area (Å²) in [7, 11) is 1.34. The van der Waals surface area contributed by atoms with Gasteiger partial charge in [-0.25, -0.2) is 9.79 Å². The van der Waals surface area contributed by atoms with Gasteiger partial charge in [-0.3, -0.25) is 5.32 Å². The number of hydrogen-bond donors (Lipinski definition) is 3. The van der Waals surface area contributed by atoms with E-state index in [1.807, 2.05) is 24.3 Å². The van der Waals surface area contributed by atoms with Crippen LogP contribution >= 0.6 is 24.0 Å². The summed E-state index contributed by atoms with van der Waals surface area (Å²) in [5.74, 6) is 1.67. The maximum absolute atomic E-state index is 11.1. The lowest BCUT2D eigenvalue weighted by atomic mass is 10.2. The minimum Gasteiger partial charge on any atom is -0.453 e. The molecule has 1 saturated carbocycles. The van der Waals surface area contributed by atoms with Crippen LogP contribution < -0.4 is 16.0 Å². The molecule has 6 nitrogen and oxygen atoms in total. The molecule has 1 amide bonds. The number of methoxy groups -OCH3 is 1. The zero-order chi connectivity index (χ0) is 15.8. The molecule has 7 heteroatoms. The normalized spacial score (nSPS) is 13.7. The van der Waals surface area contributed by atoms with E-state index in [1.54, 1.807) is 0 Å². The van der Waals surface area contributed by atoms with Gasteiger partial charge < -0.3 is 15.4 Å². The monoisotopic (exact) mass is 432 g/mol. The molecule has 0 aliphatic heterocycles. The number of hydrogen-bond acceptors (Lipinski definition) is 3. The van der Waals surface area contributed by atoms with Gasteiger partial charge in [0.1, 0.15) is 0 Å². The first kappa shape index (κ1) is 19.5. The molecule has 0 unspecified atom stereocenters. The molecule has 23 heavy (non-hydrogen) atoms. The van der Waals surface area contributed by atoms with E-state index in [-0.39, 0.29) is 24.0 Å². The Morgan fingerprint density at radius 3 is 2.52 bits per heavy atom. The number of guanidine groups is 1. The largest absolute Gasteiger partial charge is 0.453 e. The number of anilines is 1. The average Bonchev–Trinajstić information content (AvgIpc) is 3.35. The van der Waals surface area contributed by atoms with Gasteiger partial charge in [0.15, 0.2) is 5.96 Å². The van der Waals surface area contributed by atoms with Crippen molar-refractivity contribution in [1.29, 1.82) is 0 Å². The Kier molecular flexibility index (Phi) is 8.75. The summed E-state index contributed by atoms with van der Waals surface area (Å²) in [4.78, 5) is 15.7. The van der Waals surface area contributed by atoms with Gasteiger partial charge in [0.2, 0.25) is 0 Å². The molecule has 128 valence electrons. The fraction of sp³-hybridized carbons (Fsp3) is 0.500. The second-order valence-electron chi connectivity index (χ2n) is 5.33. The van der Waals surface area contributed by atoms with Crippen LogP contribution in [0, 0.1) is 5.92 Å². The summed E-state index contributed by atoms with van der Waals surface area (Å²) in [6.45, 7) is 4.49. The van der Waals surface area contributed by atoms with Gasteiger partial charge in [0.25, 0.3) is 0 Å². The highest BCUT2D eigenvalue weighted by molar-refractivity contribution is 14.0. The van der Waals surface area contributed by atoms with Crippen LogP contribution in [0.1, 0.15) is 25.3 Å². The van der Waals surface area contributed by atoms with Crippen molar-refractivity contribution in [3.05, 3.63) is 29.8 Å². The van der Waals surface area contributed by atoms with Gasteiger partial charge in [-0.2, -0.15) is 0 Å². The molecule has 0 bridgehead atoms. The first-order chi connectivity index (χ1) is 10.7. The SMILES string of the molecule is CCNC(=NCc1ccc(NC(=O)OC)cc1)NCC1CC1.I. The number of rotatable bonds is 6. The second kappa shape index (κ2) is 10.3. The van der Waals surface area contributed by atoms with Crippen molar-refractivity contribution in [2.75, 3.05) is 25.5 Å². The predicted molar refractivity (Wildman–Crippen MR) is 103 cm³/mol. The van der Waals surface area contributed by atoms with Crippen molar-refractivity contribution in [2.45, 2.75) is 26.3 Å². The van der Waals surface area contributed by atoms with Gasteiger partial charge in [0.05, 0.1) is 13.7 Å². The van der Waals surface area contributed by atoms with Crippen LogP contribution in [-0.4, -0.2) is 32.3 Å². The van der Waals surface area contributed by atoms with Crippen LogP contribution in [0.4, 0.5) is 10.5 Å². The number of amides is 1. The van der Waals surface area contributed by atoms with Crippen LogP contribution in [0.15, 0.2) is 29.3 Å². The molecule has 1 aromatic rings. The highest BCUT2D eigenvalue weighted by atomic mass is 127. The Morgan fingerprint density at radius 1 is 1.26 bits per heavy atom. The lowest BCUT2D eigenvalue weighted by molar-refractivity contribution is 0.187. The molecule has 1 aliphatic carbocycles. The zero-order valence-electron chi connectivity index (χ0n) is 13.6. The molecule has 3 N–H and O–H groups in total. The number of aliphatic imine (C=N–C) groups is 1. The summed E-state index contributed by atoms with van der Waals surface area (Å²) < 4.78 is 4.55. The van der Waals surface area contributed by atoms with E-state index >= 15 is 0 Å². The van der Waals surface area contributed by atoms with Crippen LogP contribution in [0.5, 0.6) is 0 Å². The number of halogens is 1. The van der Waals surface area contributed by atoms with Gasteiger partial charge in [-0.05, 0) is 43.4 Å². The van der Waals surface area contributed by atoms with Gasteiger partial charge in [-0.1, -0.05) is 12.1 Å². The minimum atomic E-state index is -0.468. The van der Waals surface area contributed by atoms with E-state index < -0.39 is 6.09 Å². The lowest BCUT2D eigenvalue weighted by Gasteiger charge is -2.10. The van der Waals surface area contributed by atoms with Crippen molar-refractivity contribution in [2.24, 2.45) is 10.9 Å². The van der Waals surface area contributed by atoms with Crippen molar-refractivity contribution in [3.8, 4) is 0 Å². The standard InChI is InChI=1S/C16H24N4O2.HI/c1-3-17-15(18-10-12-4-5-12)19-11-13-6-8-14(9-7-13)20-16(21)22-2;/h6-9,12H,3-5,10-11H2,1-2H3,(H,20,21)(H2,17,18,19);1H. The number of nitrogens with one attached hydrogen (secondary N) is 3. The molecule has 1 aromatic carbocycles. The smallest absolute Gasteiger partial charge is 0.411 e. The predicted octanol–water partition coefficient (Wildman–Crippen LogP) is 2.95. The minimum absolute atomic E-state index is 0. The summed E-state index contributed by atoms with van der Waals surface area (Å²) in [6.07, 6.45) is 2.17. The van der Waals surface area contributed by atoms with E-state index in [4.69, 9.17) is 0 Å². The highest BCUT2D eigenvalue weighted by Crippen LogP contribution is 2.27. The van der Waals surface area contributed by atoms with Crippen molar-refractivity contribution >= 4 is 41.7 Å². The summed E-state index contributed by atoms with van der Waals surface area (Å²) in [6, 6.07) is 7.57. The first-order valence-electron chi connectivity index (χ1n) is 7.67. The topological polar surface area (TPSA) is 74.8 Å². The fourth-order valence-electron chi connectivity index (χ4n) is 1.94. The number of benzene rings is 1. The van der Waals surface area contributed by atoms with E-state index in [0.29, 0.717) is 12.2 Å². The molecular formula is C16H25IN4O2. The molecule has 0 atom stereocenters. The Morgan fingerprint density at radius 2 is 1.96 bits per heavy atom. The molecule has 1 fully saturated rings. The van der Waals surface area contributed by atoms with Gasteiger partial charge in [0, 0.05) is 18.8 Å². The number of nitrogens with zero attached hydrogens (tertiary/aromatic N) is 1. The molecule has 0 heterocycles. The Labute approximate surface area is 154 Å². The lowest BCUT2D eigenvalue weighted by Crippen LogP contribution is -2.38. The highest BCUT2D eigenvalue weighted by Gasteiger charge is 2.20. The molecular weight excluding hydrogens is 407 g/mol. The van der Waals surface area contributed by atoms with Crippen LogP contribution in [0.3, 0.4) is 0 Å². The van der Waals surface area contributed by atoms with E-state index in [1.165, 1.54) is 20.0 Å². The molecule has 2 rings (SSSR count). The number of ether oxygens (including phenoxy) is 1. The quantitative estimate of drug-likeness (QED) is 0.367. The summed E-state index contributed by atoms with van der Waals surface area (Å²) in [5.41, 5.74) is 1.79. The molecule has 0 radical (unpaired) electrons. The number of carbonyl (C=O) groups excluding carboxylic acids is 1. The van der Waals surface area contributed by atoms with Crippen molar-refractivity contribution in [1.82, 2.24) is 10.6 Å². The second-order valence-corrected chi connectivity index (χ2v) is 5.33. The van der Waals surface area contributed by atoms with E-state index in [0.717, 1.165) is 30.5 Å². The van der Waals surface area contributed by atoms with E-state index in [9.17, 15) is 4.79 Å². The molecule has 0 aromatic heterocycles. The van der Waals surface area contributed by atoms with Crippen molar-refractivity contribution < 1.29 is 9.53 Å². The third-order valence-electron chi connectivity index (χ3n) is 3.40. The number of carbonyl (C=O) groups is 1. The maximum Gasteiger partial charge on any atom is 0.411 e. The molecule has 0 spiro atoms. The van der Waals surface area contributed by atoms with Crippen LogP contribution in [-0.2, 0) is 11.3 Å². The van der Waals surface area contributed by atoms with Crippen LogP contribution in [0.25, 0.3) is 0 Å². The third-order valence-corrected chi connectivity index (χ3v) is 3.40. The van der Waals surface area contributed by atoms with Crippen molar-refractivity contribution in [3.63, 3.8) is 0 Å². The van der Waals surface area contributed by atoms with Gasteiger partial charge in [-0.15, -0.1) is 24.0 Å². The van der Waals surface area contributed by atoms with Crippen LogP contribution in [0.2, 0.25) is 0 Å². The fourth-order valence-corrected chi connectivity index (χ4v) is 1.94. The Bertz CT molecular complexity index is 515. The Balaban J connectivity index is 0.00000264. The maximum atomic E-state index is 11.1. The summed E-state index contributed by atoms with van der Waals surface area (Å²) in [5, 5.41) is 9.23. The van der Waals surface area contributed by atoms with E-state index in [2.05, 4.69) is 32.6 Å². The summed E-state index contributed by atoms with van der Waals surface area (Å²) >= 11 is 0. The van der Waals surface area contributed by atoms with Gasteiger partial charge >= 0.3 is 6.09 Å². The third kappa shape index (κ3) is 7.54.